The highest BCUT2D eigenvalue weighted by Gasteiger charge is 2.36. The van der Waals surface area contributed by atoms with Crippen LogP contribution < -0.4 is 27.4 Å². The molecule has 216 valence electrons. The largest absolute Gasteiger partial charge is 0.508 e. The van der Waals surface area contributed by atoms with Gasteiger partial charge in [0.2, 0.25) is 23.6 Å². The summed E-state index contributed by atoms with van der Waals surface area (Å²) in [6.07, 6.45) is 2.45. The van der Waals surface area contributed by atoms with Gasteiger partial charge in [-0.05, 0) is 62.8 Å². The summed E-state index contributed by atoms with van der Waals surface area (Å²) in [5, 5.41) is 26.2. The van der Waals surface area contributed by atoms with Gasteiger partial charge in [0.05, 0.1) is 12.6 Å². The number of hydrogen-bond acceptors (Lipinski definition) is 9. The lowest BCUT2D eigenvalue weighted by Crippen LogP contribution is -2.56. The molecule has 1 aliphatic rings. The van der Waals surface area contributed by atoms with Crippen molar-refractivity contribution in [2.45, 2.75) is 62.7 Å². The van der Waals surface area contributed by atoms with Crippen LogP contribution in [0.4, 0.5) is 0 Å². The molecule has 9 N–H and O–H groups in total. The number of nitrogens with one attached hydrogen (secondary N) is 3. The standard InChI is InChI=1S/C25H38N6O7S/c26-10-2-1-4-18(25(37)38)29-23(35)19(14-39)30-24(36)20-5-3-11-31(20)21(33)13-28-22(34)17(27)12-15-6-8-16(32)9-7-15/h6-9,17-20,32,39H,1-5,10-14,26-27H2,(H,28,34)(H,29,35)(H,30,36)(H,37,38). The van der Waals surface area contributed by atoms with Crippen molar-refractivity contribution in [2.24, 2.45) is 11.5 Å². The fraction of sp³-hybridized carbons (Fsp3) is 0.560. The van der Waals surface area contributed by atoms with Gasteiger partial charge in [-0.1, -0.05) is 12.1 Å². The molecule has 0 spiro atoms. The molecular formula is C25H38N6O7S. The van der Waals surface area contributed by atoms with Crippen molar-refractivity contribution in [3.63, 3.8) is 0 Å². The summed E-state index contributed by atoms with van der Waals surface area (Å²) in [6.45, 7) is 0.348. The van der Waals surface area contributed by atoms with E-state index < -0.39 is 53.8 Å². The van der Waals surface area contributed by atoms with Crippen molar-refractivity contribution in [3.05, 3.63) is 29.8 Å². The Morgan fingerprint density at radius 1 is 1.05 bits per heavy atom. The summed E-state index contributed by atoms with van der Waals surface area (Å²) in [7, 11) is 0. The number of phenolic OH excluding ortho intramolecular Hbond substituents is 1. The summed E-state index contributed by atoms with van der Waals surface area (Å²) in [6, 6.07) is 2.25. The number of rotatable bonds is 15. The summed E-state index contributed by atoms with van der Waals surface area (Å²) in [5.74, 6) is -3.46. The molecule has 14 heteroatoms. The number of nitrogens with zero attached hydrogens (tertiary/aromatic N) is 1. The molecule has 0 bridgehead atoms. The van der Waals surface area contributed by atoms with Crippen molar-refractivity contribution in [1.29, 1.82) is 0 Å². The van der Waals surface area contributed by atoms with Gasteiger partial charge in [-0.2, -0.15) is 12.6 Å². The molecule has 2 rings (SSSR count). The molecule has 4 atom stereocenters. The molecule has 1 heterocycles. The third-order valence-corrected chi connectivity index (χ3v) is 6.76. The van der Waals surface area contributed by atoms with E-state index in [2.05, 4.69) is 28.6 Å². The van der Waals surface area contributed by atoms with Gasteiger partial charge < -0.3 is 42.5 Å². The maximum Gasteiger partial charge on any atom is 0.326 e. The van der Waals surface area contributed by atoms with Gasteiger partial charge in [0, 0.05) is 12.3 Å². The van der Waals surface area contributed by atoms with E-state index in [1.807, 2.05) is 0 Å². The second-order valence-corrected chi connectivity index (χ2v) is 9.73. The molecule has 1 saturated heterocycles. The quantitative estimate of drug-likeness (QED) is 0.0912. The molecule has 0 radical (unpaired) electrons. The van der Waals surface area contributed by atoms with Gasteiger partial charge >= 0.3 is 5.97 Å². The number of benzene rings is 1. The Morgan fingerprint density at radius 3 is 2.36 bits per heavy atom. The summed E-state index contributed by atoms with van der Waals surface area (Å²) in [5.41, 5.74) is 12.1. The SMILES string of the molecule is NCCCCC(NC(=O)C(CS)NC(=O)C1CCCN1C(=O)CNC(=O)C(N)Cc1ccc(O)cc1)C(=O)O. The highest BCUT2D eigenvalue weighted by atomic mass is 32.1. The van der Waals surface area contributed by atoms with E-state index in [-0.39, 0.29) is 30.9 Å². The lowest BCUT2D eigenvalue weighted by atomic mass is 10.1. The number of aliphatic carboxylic acids is 1. The van der Waals surface area contributed by atoms with Gasteiger partial charge in [-0.3, -0.25) is 19.2 Å². The highest BCUT2D eigenvalue weighted by molar-refractivity contribution is 7.80. The lowest BCUT2D eigenvalue weighted by Gasteiger charge is -2.26. The number of thiol groups is 1. The van der Waals surface area contributed by atoms with Gasteiger partial charge in [-0.15, -0.1) is 0 Å². The van der Waals surface area contributed by atoms with Crippen LogP contribution in [0.2, 0.25) is 0 Å². The molecule has 1 fully saturated rings. The lowest BCUT2D eigenvalue weighted by molar-refractivity contribution is -0.143. The van der Waals surface area contributed by atoms with Crippen LogP contribution >= 0.6 is 12.6 Å². The monoisotopic (exact) mass is 566 g/mol. The number of carboxylic acids is 1. The Balaban J connectivity index is 1.89. The average molecular weight is 567 g/mol. The number of nitrogens with two attached hydrogens (primary N) is 2. The smallest absolute Gasteiger partial charge is 0.326 e. The Labute approximate surface area is 232 Å². The molecule has 4 amide bonds. The minimum absolute atomic E-state index is 0.0810. The molecule has 0 saturated carbocycles. The zero-order valence-corrected chi connectivity index (χ0v) is 22.6. The van der Waals surface area contributed by atoms with Crippen molar-refractivity contribution in [2.75, 3.05) is 25.4 Å². The average Bonchev–Trinajstić information content (AvgIpc) is 3.41. The maximum atomic E-state index is 13.0. The fourth-order valence-corrected chi connectivity index (χ4v) is 4.45. The van der Waals surface area contributed by atoms with E-state index in [1.54, 1.807) is 12.1 Å². The minimum Gasteiger partial charge on any atom is -0.508 e. The zero-order valence-electron chi connectivity index (χ0n) is 21.7. The first kappa shape index (κ1) is 31.9. The van der Waals surface area contributed by atoms with Crippen molar-refractivity contribution in [1.82, 2.24) is 20.9 Å². The number of likely N-dealkylation sites (tertiary alicyclic amines) is 1. The second-order valence-electron chi connectivity index (χ2n) is 9.37. The van der Waals surface area contributed by atoms with Crippen LogP contribution in [0.3, 0.4) is 0 Å². The van der Waals surface area contributed by atoms with Crippen LogP contribution in [0.25, 0.3) is 0 Å². The van der Waals surface area contributed by atoms with Crippen LogP contribution in [0, 0.1) is 0 Å². The number of carbonyl (C=O) groups is 5. The van der Waals surface area contributed by atoms with Gasteiger partial charge in [0.1, 0.15) is 23.9 Å². The van der Waals surface area contributed by atoms with Gasteiger partial charge in [0.25, 0.3) is 0 Å². The van der Waals surface area contributed by atoms with Gasteiger partial charge in [-0.25, -0.2) is 4.79 Å². The Bertz CT molecular complexity index is 1010. The van der Waals surface area contributed by atoms with E-state index in [0.29, 0.717) is 38.8 Å². The van der Waals surface area contributed by atoms with Crippen LogP contribution in [-0.2, 0) is 30.4 Å². The number of carbonyl (C=O) groups excluding carboxylic acids is 4. The normalized spacial score (nSPS) is 17.1. The molecule has 39 heavy (non-hydrogen) atoms. The van der Waals surface area contributed by atoms with E-state index in [1.165, 1.54) is 17.0 Å². The molecule has 13 nitrogen and oxygen atoms in total. The van der Waals surface area contributed by atoms with Crippen LogP contribution in [0.5, 0.6) is 5.75 Å². The predicted molar refractivity (Wildman–Crippen MR) is 146 cm³/mol. The van der Waals surface area contributed by atoms with E-state index in [4.69, 9.17) is 11.5 Å². The van der Waals surface area contributed by atoms with Crippen molar-refractivity contribution >= 4 is 42.2 Å². The topological polar surface area (TPSA) is 217 Å². The number of amides is 4. The third-order valence-electron chi connectivity index (χ3n) is 6.40. The zero-order chi connectivity index (χ0) is 28.9. The third kappa shape index (κ3) is 10.0. The molecule has 1 aromatic carbocycles. The molecule has 1 aliphatic heterocycles. The van der Waals surface area contributed by atoms with Crippen LogP contribution in [0.1, 0.15) is 37.7 Å². The number of aromatic hydroxyl groups is 1. The summed E-state index contributed by atoms with van der Waals surface area (Å²) in [4.78, 5) is 63.7. The highest BCUT2D eigenvalue weighted by Crippen LogP contribution is 2.18. The minimum atomic E-state index is -1.19. The van der Waals surface area contributed by atoms with E-state index in [0.717, 1.165) is 5.56 Å². The summed E-state index contributed by atoms with van der Waals surface area (Å²) < 4.78 is 0. The predicted octanol–water partition coefficient (Wildman–Crippen LogP) is -1.52. The first-order valence-electron chi connectivity index (χ1n) is 12.8. The van der Waals surface area contributed by atoms with Crippen molar-refractivity contribution in [3.8, 4) is 5.75 Å². The van der Waals surface area contributed by atoms with E-state index in [9.17, 15) is 34.2 Å². The van der Waals surface area contributed by atoms with Crippen LogP contribution in [-0.4, -0.2) is 94.3 Å². The maximum absolute atomic E-state index is 13.0. The molecule has 1 aromatic rings. The van der Waals surface area contributed by atoms with Gasteiger partial charge in [0.15, 0.2) is 0 Å². The number of carboxylic acid groups (broad SMARTS) is 1. The molecular weight excluding hydrogens is 528 g/mol. The Morgan fingerprint density at radius 2 is 1.74 bits per heavy atom. The first-order valence-corrected chi connectivity index (χ1v) is 13.5. The number of unbranched alkanes of at least 4 members (excludes halogenated alkanes) is 1. The Kier molecular flexibility index (Phi) is 13.0. The van der Waals surface area contributed by atoms with E-state index >= 15 is 0 Å². The first-order chi connectivity index (χ1) is 18.6. The number of phenols is 1. The Hall–Kier alpha value is -3.36. The second kappa shape index (κ2) is 15.9. The van der Waals surface area contributed by atoms with Crippen molar-refractivity contribution < 1.29 is 34.2 Å². The summed E-state index contributed by atoms with van der Waals surface area (Å²) >= 11 is 4.12. The number of hydrogen-bond donors (Lipinski definition) is 8. The molecule has 0 aliphatic carbocycles. The molecule has 4 unspecified atom stereocenters. The van der Waals surface area contributed by atoms with Crippen LogP contribution in [0.15, 0.2) is 24.3 Å². The fourth-order valence-electron chi connectivity index (χ4n) is 4.20. The molecule has 0 aromatic heterocycles.